The number of sulfonamides is 1. The van der Waals surface area contributed by atoms with Crippen molar-refractivity contribution in [2.24, 2.45) is 9.50 Å². The molecule has 13 heteroatoms. The first kappa shape index (κ1) is 28.7. The molecule has 0 saturated heterocycles. The smallest absolute Gasteiger partial charge is 0.416 e. The van der Waals surface area contributed by atoms with Gasteiger partial charge in [0.05, 0.1) is 21.9 Å². The Bertz CT molecular complexity index is 1500. The predicted molar refractivity (Wildman–Crippen MR) is 145 cm³/mol. The number of aliphatic carboxylic acids is 1. The largest absolute Gasteiger partial charge is 0.481 e. The second-order valence-corrected chi connectivity index (χ2v) is 11.4. The maximum Gasteiger partial charge on any atom is 0.416 e. The van der Waals surface area contributed by atoms with Gasteiger partial charge in [0.15, 0.2) is 5.17 Å². The number of carboxylic acid groups (broad SMARTS) is 1. The Morgan fingerprint density at radius 1 is 1.05 bits per heavy atom. The number of nitrogens with zero attached hydrogens (tertiary/aromatic N) is 3. The van der Waals surface area contributed by atoms with Crippen LogP contribution in [0.25, 0.3) is 0 Å². The maximum atomic E-state index is 13.0. The Labute approximate surface area is 232 Å². The van der Waals surface area contributed by atoms with Crippen LogP contribution in [0.3, 0.4) is 0 Å². The summed E-state index contributed by atoms with van der Waals surface area (Å²) < 4.78 is 68.7. The molecule has 1 atom stereocenters. The lowest BCUT2D eigenvalue weighted by atomic mass is 9.86. The van der Waals surface area contributed by atoms with Gasteiger partial charge in [0.2, 0.25) is 0 Å². The summed E-state index contributed by atoms with van der Waals surface area (Å²) in [6, 6.07) is 19.5. The molecule has 39 heavy (non-hydrogen) atoms. The van der Waals surface area contributed by atoms with Crippen molar-refractivity contribution in [3.05, 3.63) is 101 Å². The van der Waals surface area contributed by atoms with E-state index in [1.54, 1.807) is 24.3 Å². The number of halogens is 4. The number of hydrazone groups is 1. The van der Waals surface area contributed by atoms with Gasteiger partial charge in [-0.3, -0.25) is 4.79 Å². The van der Waals surface area contributed by atoms with Crippen LogP contribution in [0.2, 0.25) is 5.02 Å². The van der Waals surface area contributed by atoms with Crippen LogP contribution in [0.15, 0.2) is 93.3 Å². The Hall–Kier alpha value is -3.35. The summed E-state index contributed by atoms with van der Waals surface area (Å²) in [5.74, 6) is -1.87. The number of carbonyl (C=O) groups is 1. The minimum Gasteiger partial charge on any atom is -0.481 e. The third-order valence-corrected chi connectivity index (χ3v) is 8.35. The summed E-state index contributed by atoms with van der Waals surface area (Å²) >= 11 is 6.71. The van der Waals surface area contributed by atoms with Gasteiger partial charge in [0.25, 0.3) is 10.0 Å². The molecule has 1 unspecified atom stereocenters. The molecule has 0 saturated carbocycles. The lowest BCUT2D eigenvalue weighted by Gasteiger charge is -2.31. The SMILES string of the molecule is O=C(O)CS/C(=N\S(=O)(=O)c1ccc(C(F)(F)F)cc1)N1CCC(c2ccccc2)C(c2ccc(Cl)cc2)=N1. The van der Waals surface area contributed by atoms with Crippen LogP contribution >= 0.6 is 23.4 Å². The normalized spacial score (nSPS) is 16.6. The molecule has 3 aromatic carbocycles. The molecule has 1 aliphatic heterocycles. The molecule has 0 fully saturated rings. The van der Waals surface area contributed by atoms with Crippen LogP contribution in [-0.2, 0) is 21.0 Å². The fourth-order valence-electron chi connectivity index (χ4n) is 3.91. The second-order valence-electron chi connectivity index (χ2n) is 8.42. The molecule has 0 spiro atoms. The highest BCUT2D eigenvalue weighted by Crippen LogP contribution is 2.33. The fraction of sp³-hybridized carbons (Fsp3) is 0.192. The van der Waals surface area contributed by atoms with Crippen molar-refractivity contribution in [2.45, 2.75) is 23.4 Å². The Kier molecular flexibility index (Phi) is 8.67. The molecular formula is C26H21ClF3N3O4S2. The molecular weight excluding hydrogens is 575 g/mol. The zero-order valence-electron chi connectivity index (χ0n) is 20.0. The summed E-state index contributed by atoms with van der Waals surface area (Å²) in [6.45, 7) is 0.213. The quantitative estimate of drug-likeness (QED) is 0.272. The number of rotatable bonds is 6. The summed E-state index contributed by atoms with van der Waals surface area (Å²) in [7, 11) is -4.49. The van der Waals surface area contributed by atoms with Crippen LogP contribution in [-0.4, -0.2) is 47.7 Å². The van der Waals surface area contributed by atoms with Gasteiger partial charge in [-0.05, 0) is 53.9 Å². The van der Waals surface area contributed by atoms with E-state index in [2.05, 4.69) is 4.40 Å². The number of amidine groups is 1. The van der Waals surface area contributed by atoms with Gasteiger partial charge in [-0.2, -0.15) is 26.7 Å². The Morgan fingerprint density at radius 3 is 2.28 bits per heavy atom. The molecule has 1 heterocycles. The molecule has 4 rings (SSSR count). The van der Waals surface area contributed by atoms with Crippen LogP contribution in [0, 0.1) is 0 Å². The van der Waals surface area contributed by atoms with Crippen molar-refractivity contribution in [2.75, 3.05) is 12.3 Å². The third-order valence-electron chi connectivity index (χ3n) is 5.75. The molecule has 0 radical (unpaired) electrons. The zero-order chi connectivity index (χ0) is 28.2. The van der Waals surface area contributed by atoms with Crippen LogP contribution < -0.4 is 0 Å². The Balaban J connectivity index is 1.76. The maximum absolute atomic E-state index is 13.0. The average molecular weight is 596 g/mol. The first-order chi connectivity index (χ1) is 18.4. The first-order valence-corrected chi connectivity index (χ1v) is 14.3. The van der Waals surface area contributed by atoms with E-state index in [-0.39, 0.29) is 17.6 Å². The fourth-order valence-corrected chi connectivity index (χ4v) is 5.96. The molecule has 0 bridgehead atoms. The topological polar surface area (TPSA) is 99.4 Å². The number of alkyl halides is 3. The number of thioether (sulfide) groups is 1. The van der Waals surface area contributed by atoms with Crippen molar-refractivity contribution in [1.82, 2.24) is 5.01 Å². The van der Waals surface area contributed by atoms with Crippen LogP contribution in [0.5, 0.6) is 0 Å². The van der Waals surface area contributed by atoms with Gasteiger partial charge in [-0.1, -0.05) is 65.8 Å². The monoisotopic (exact) mass is 595 g/mol. The summed E-state index contributed by atoms with van der Waals surface area (Å²) in [6.07, 6.45) is -4.14. The summed E-state index contributed by atoms with van der Waals surface area (Å²) in [4.78, 5) is 10.8. The van der Waals surface area contributed by atoms with Gasteiger partial charge < -0.3 is 5.11 Å². The summed E-state index contributed by atoms with van der Waals surface area (Å²) in [5.41, 5.74) is 1.30. The molecule has 1 aliphatic rings. The molecule has 0 amide bonds. The van der Waals surface area contributed by atoms with Crippen molar-refractivity contribution >= 4 is 50.2 Å². The molecule has 0 aliphatic carbocycles. The van der Waals surface area contributed by atoms with E-state index in [4.69, 9.17) is 16.7 Å². The summed E-state index contributed by atoms with van der Waals surface area (Å²) in [5, 5.41) is 15.5. The third kappa shape index (κ3) is 7.20. The van der Waals surface area contributed by atoms with E-state index in [0.29, 0.717) is 41.0 Å². The molecule has 204 valence electrons. The van der Waals surface area contributed by atoms with Gasteiger partial charge in [0, 0.05) is 17.5 Å². The van der Waals surface area contributed by atoms with E-state index in [1.807, 2.05) is 30.3 Å². The lowest BCUT2D eigenvalue weighted by molar-refractivity contribution is -0.137. The number of benzene rings is 3. The van der Waals surface area contributed by atoms with Gasteiger partial charge in [-0.15, -0.1) is 4.40 Å². The van der Waals surface area contributed by atoms with E-state index in [1.165, 1.54) is 5.01 Å². The van der Waals surface area contributed by atoms with Crippen molar-refractivity contribution in [1.29, 1.82) is 0 Å². The van der Waals surface area contributed by atoms with Crippen LogP contribution in [0.4, 0.5) is 13.2 Å². The van der Waals surface area contributed by atoms with Gasteiger partial charge >= 0.3 is 12.1 Å². The first-order valence-electron chi connectivity index (χ1n) is 11.5. The van der Waals surface area contributed by atoms with Gasteiger partial charge in [-0.25, -0.2) is 5.01 Å². The number of hydrogen-bond donors (Lipinski definition) is 1. The van der Waals surface area contributed by atoms with Crippen LogP contribution in [0.1, 0.15) is 29.0 Å². The van der Waals surface area contributed by atoms with Crippen molar-refractivity contribution in [3.63, 3.8) is 0 Å². The minimum atomic E-state index is -4.63. The lowest BCUT2D eigenvalue weighted by Crippen LogP contribution is -2.35. The van der Waals surface area contributed by atoms with E-state index in [0.717, 1.165) is 23.3 Å². The Morgan fingerprint density at radius 2 is 1.69 bits per heavy atom. The standard InChI is InChI=1S/C26H21ClF3N3O4S2/c27-20-10-6-18(7-11-20)24-22(17-4-2-1-3-5-17)14-15-33(31-24)25(38-16-23(34)35)32-39(36,37)21-12-8-19(9-13-21)26(28,29)30/h1-13,22H,14-16H2,(H,34,35)/b32-25-. The molecule has 1 N–H and O–H groups in total. The van der Waals surface area contributed by atoms with Gasteiger partial charge in [0.1, 0.15) is 0 Å². The molecule has 7 nitrogen and oxygen atoms in total. The second kappa shape index (κ2) is 11.8. The highest BCUT2D eigenvalue weighted by Gasteiger charge is 2.32. The van der Waals surface area contributed by atoms with E-state index in [9.17, 15) is 31.5 Å². The molecule has 0 aromatic heterocycles. The van der Waals surface area contributed by atoms with Crippen molar-refractivity contribution < 1.29 is 31.5 Å². The highest BCUT2D eigenvalue weighted by molar-refractivity contribution is 8.14. The number of carboxylic acids is 1. The van der Waals surface area contributed by atoms with E-state index < -0.39 is 38.4 Å². The minimum absolute atomic E-state index is 0.152. The predicted octanol–water partition coefficient (Wildman–Crippen LogP) is 6.12. The number of hydrogen-bond acceptors (Lipinski definition) is 5. The average Bonchev–Trinajstić information content (AvgIpc) is 2.91. The highest BCUT2D eigenvalue weighted by atomic mass is 35.5. The molecule has 3 aromatic rings. The van der Waals surface area contributed by atoms with Crippen molar-refractivity contribution in [3.8, 4) is 0 Å². The van der Waals surface area contributed by atoms with E-state index >= 15 is 0 Å². The zero-order valence-corrected chi connectivity index (χ0v) is 22.4.